The van der Waals surface area contributed by atoms with Crippen LogP contribution in [0.4, 0.5) is 0 Å². The van der Waals surface area contributed by atoms with Crippen molar-refractivity contribution in [3.63, 3.8) is 0 Å². The Morgan fingerprint density at radius 1 is 0.628 bits per heavy atom. The van der Waals surface area contributed by atoms with E-state index in [1.165, 1.54) is 64.2 Å². The first-order valence-corrected chi connectivity index (χ1v) is 16.9. The second-order valence-electron chi connectivity index (χ2n) is 11.7. The maximum Gasteiger partial charge on any atom is 0.220 e. The Kier molecular flexibility index (Phi) is 16.8. The monoisotopic (exact) mass is 585 g/mol. The summed E-state index contributed by atoms with van der Waals surface area (Å²) in [5.41, 5.74) is 2.37. The van der Waals surface area contributed by atoms with Gasteiger partial charge in [-0.25, -0.2) is 0 Å². The Hall–Kier alpha value is -2.95. The summed E-state index contributed by atoms with van der Waals surface area (Å²) in [6.07, 6.45) is 15.4. The highest BCUT2D eigenvalue weighted by atomic mass is 16.5. The smallest absolute Gasteiger partial charge is 0.220 e. The van der Waals surface area contributed by atoms with E-state index in [0.717, 1.165) is 29.5 Å². The van der Waals surface area contributed by atoms with E-state index in [9.17, 15) is 4.79 Å². The summed E-state index contributed by atoms with van der Waals surface area (Å²) in [5.74, 6) is 0.0613. The van der Waals surface area contributed by atoms with E-state index in [2.05, 4.69) is 85.0 Å². The van der Waals surface area contributed by atoms with Gasteiger partial charge in [0.1, 0.15) is 5.60 Å². The summed E-state index contributed by atoms with van der Waals surface area (Å²) in [6, 6.07) is 31.2. The molecule has 1 N–H and O–H groups in total. The number of nitrogens with one attached hydrogen (secondary N) is 1. The van der Waals surface area contributed by atoms with Crippen molar-refractivity contribution in [2.45, 2.75) is 109 Å². The first-order chi connectivity index (χ1) is 21.2. The van der Waals surface area contributed by atoms with Crippen LogP contribution in [0.1, 0.15) is 114 Å². The lowest BCUT2D eigenvalue weighted by molar-refractivity contribution is -0.122. The molecule has 0 radical (unpaired) electrons. The summed E-state index contributed by atoms with van der Waals surface area (Å²) >= 11 is 0. The van der Waals surface area contributed by atoms with E-state index >= 15 is 0 Å². The first-order valence-electron chi connectivity index (χ1n) is 16.9. The second kappa shape index (κ2) is 20.9. The molecule has 234 valence electrons. The van der Waals surface area contributed by atoms with Crippen LogP contribution in [0, 0.1) is 0 Å². The van der Waals surface area contributed by atoms with Crippen molar-refractivity contribution in [2.75, 3.05) is 19.8 Å². The van der Waals surface area contributed by atoms with E-state index in [1.807, 2.05) is 25.1 Å². The van der Waals surface area contributed by atoms with Gasteiger partial charge in [-0.2, -0.15) is 0 Å². The molecule has 1 atom stereocenters. The maximum atomic E-state index is 12.4. The van der Waals surface area contributed by atoms with Gasteiger partial charge in [0.25, 0.3) is 0 Å². The molecule has 0 aliphatic carbocycles. The lowest BCUT2D eigenvalue weighted by Crippen LogP contribution is -2.41. The molecule has 4 nitrogen and oxygen atoms in total. The van der Waals surface area contributed by atoms with Gasteiger partial charge in [-0.05, 0) is 29.5 Å². The Labute approximate surface area is 261 Å². The fourth-order valence-electron chi connectivity index (χ4n) is 5.71. The van der Waals surface area contributed by atoms with E-state index in [4.69, 9.17) is 9.47 Å². The molecule has 0 heterocycles. The van der Waals surface area contributed by atoms with Gasteiger partial charge in [-0.1, -0.05) is 169 Å². The number of carbonyl (C=O) groups excluding carboxylic acids is 1. The van der Waals surface area contributed by atoms with Crippen LogP contribution < -0.4 is 5.32 Å². The van der Waals surface area contributed by atoms with Gasteiger partial charge >= 0.3 is 0 Å². The number of hydrogen-bond acceptors (Lipinski definition) is 3. The fourth-order valence-corrected chi connectivity index (χ4v) is 5.71. The minimum atomic E-state index is -0.810. The zero-order valence-corrected chi connectivity index (χ0v) is 26.8. The number of unbranched alkanes of at least 4 members (excludes halogenated alkanes) is 10. The molecule has 1 amide bonds. The van der Waals surface area contributed by atoms with Gasteiger partial charge in [-0.15, -0.1) is 0 Å². The second-order valence-corrected chi connectivity index (χ2v) is 11.7. The number of carbonyl (C=O) groups is 1. The highest BCUT2D eigenvalue weighted by molar-refractivity contribution is 5.75. The summed E-state index contributed by atoms with van der Waals surface area (Å²) in [7, 11) is 0. The van der Waals surface area contributed by atoms with Crippen LogP contribution in [0.2, 0.25) is 0 Å². The normalized spacial score (nSPS) is 12.2. The van der Waals surface area contributed by atoms with Crippen LogP contribution in [0.5, 0.6) is 0 Å². The van der Waals surface area contributed by atoms with Crippen molar-refractivity contribution >= 4 is 5.91 Å². The Balaban J connectivity index is 1.65. The van der Waals surface area contributed by atoms with Crippen molar-refractivity contribution in [1.29, 1.82) is 0 Å². The predicted molar refractivity (Wildman–Crippen MR) is 179 cm³/mol. The van der Waals surface area contributed by atoms with Gasteiger partial charge in [0.15, 0.2) is 0 Å². The van der Waals surface area contributed by atoms with Crippen molar-refractivity contribution in [3.05, 3.63) is 108 Å². The first kappa shape index (κ1) is 34.5. The summed E-state index contributed by atoms with van der Waals surface area (Å²) < 4.78 is 13.4. The zero-order chi connectivity index (χ0) is 30.4. The number of ether oxygens (including phenoxy) is 2. The Bertz CT molecular complexity index is 1010. The average Bonchev–Trinajstić information content (AvgIpc) is 3.05. The van der Waals surface area contributed by atoms with E-state index < -0.39 is 5.60 Å². The van der Waals surface area contributed by atoms with Crippen molar-refractivity contribution in [1.82, 2.24) is 5.32 Å². The molecule has 0 fully saturated rings. The quantitative estimate of drug-likeness (QED) is 0.0890. The number of hydrogen-bond donors (Lipinski definition) is 1. The molecule has 3 aromatic carbocycles. The van der Waals surface area contributed by atoms with Gasteiger partial charge in [0.05, 0.1) is 12.7 Å². The lowest BCUT2D eigenvalue weighted by atomic mass is 9.80. The molecule has 0 aliphatic heterocycles. The topological polar surface area (TPSA) is 47.6 Å². The predicted octanol–water partition coefficient (Wildman–Crippen LogP) is 9.61. The molecule has 0 aliphatic rings. The largest absolute Gasteiger partial charge is 0.374 e. The molecule has 3 aromatic rings. The third-order valence-electron chi connectivity index (χ3n) is 8.13. The summed E-state index contributed by atoms with van der Waals surface area (Å²) in [5, 5.41) is 3.09. The zero-order valence-electron chi connectivity index (χ0n) is 26.8. The number of amides is 1. The van der Waals surface area contributed by atoms with Crippen LogP contribution >= 0.6 is 0 Å². The number of rotatable bonds is 23. The Morgan fingerprint density at radius 2 is 1.07 bits per heavy atom. The van der Waals surface area contributed by atoms with Gasteiger partial charge in [-0.3, -0.25) is 4.79 Å². The van der Waals surface area contributed by atoms with Crippen LogP contribution in [-0.2, 0) is 19.9 Å². The van der Waals surface area contributed by atoms with E-state index in [1.54, 1.807) is 0 Å². The minimum absolute atomic E-state index is 0.0613. The molecule has 3 rings (SSSR count). The van der Waals surface area contributed by atoms with Crippen molar-refractivity contribution < 1.29 is 14.3 Å². The third-order valence-corrected chi connectivity index (χ3v) is 8.13. The molecule has 0 saturated heterocycles. The van der Waals surface area contributed by atoms with Crippen molar-refractivity contribution in [3.8, 4) is 0 Å². The molecule has 4 heteroatoms. The summed E-state index contributed by atoms with van der Waals surface area (Å²) in [6.45, 7) is 5.75. The summed E-state index contributed by atoms with van der Waals surface area (Å²) in [4.78, 5) is 12.4. The molecule has 0 saturated carbocycles. The van der Waals surface area contributed by atoms with Crippen LogP contribution in [0.3, 0.4) is 0 Å². The van der Waals surface area contributed by atoms with Crippen LogP contribution in [0.25, 0.3) is 0 Å². The maximum absolute atomic E-state index is 12.4. The van der Waals surface area contributed by atoms with Gasteiger partial charge in [0, 0.05) is 19.6 Å². The third kappa shape index (κ3) is 11.9. The lowest BCUT2D eigenvalue weighted by Gasteiger charge is -2.37. The fraction of sp³-hybridized carbons (Fsp3) is 0.513. The average molecular weight is 586 g/mol. The van der Waals surface area contributed by atoms with Gasteiger partial charge in [0.2, 0.25) is 5.91 Å². The minimum Gasteiger partial charge on any atom is -0.374 e. The Morgan fingerprint density at radius 3 is 1.51 bits per heavy atom. The van der Waals surface area contributed by atoms with E-state index in [-0.39, 0.29) is 12.0 Å². The molecule has 0 bridgehead atoms. The standard InChI is InChI=1S/C39H55NO3/c1-3-5-6-7-8-9-10-11-12-13-23-31-42-37(32-40-38(41)24-4-2)33-43-39(34-25-17-14-18-26-34,35-27-19-15-20-28-35)36-29-21-16-22-30-36/h14-22,25-30,37H,3-13,23-24,31-33H2,1-2H3,(H,40,41). The van der Waals surface area contributed by atoms with E-state index in [0.29, 0.717) is 26.2 Å². The highest BCUT2D eigenvalue weighted by Crippen LogP contribution is 2.40. The van der Waals surface area contributed by atoms with Crippen LogP contribution in [-0.4, -0.2) is 31.8 Å². The molecular weight excluding hydrogens is 530 g/mol. The molecule has 0 aromatic heterocycles. The van der Waals surface area contributed by atoms with Crippen LogP contribution in [0.15, 0.2) is 91.0 Å². The van der Waals surface area contributed by atoms with Crippen molar-refractivity contribution in [2.24, 2.45) is 0 Å². The SMILES string of the molecule is CCCCCCCCCCCCCOC(CNC(=O)CCC)COC(c1ccccc1)(c1ccccc1)c1ccccc1. The number of benzene rings is 3. The molecule has 1 unspecified atom stereocenters. The molecule has 43 heavy (non-hydrogen) atoms. The van der Waals surface area contributed by atoms with Gasteiger partial charge < -0.3 is 14.8 Å². The molecule has 0 spiro atoms. The highest BCUT2D eigenvalue weighted by Gasteiger charge is 2.38. The molecular formula is C39H55NO3.